The number of thiophene rings is 1. The molecule has 0 bridgehead atoms. The Hall–Kier alpha value is -6.95. The third-order valence-corrected chi connectivity index (χ3v) is 11.5. The topological polar surface area (TPSA) is 47.9 Å². The fourth-order valence-corrected chi connectivity index (χ4v) is 8.91. The smallest absolute Gasteiger partial charge is 0.164 e. The monoisotopic (exact) mass is 707 g/mol. The van der Waals surface area contributed by atoms with Crippen LogP contribution in [0.4, 0.5) is 0 Å². The molecule has 4 nitrogen and oxygen atoms in total. The first kappa shape index (κ1) is 30.7. The van der Waals surface area contributed by atoms with E-state index < -0.39 is 0 Å². The zero-order chi connectivity index (χ0) is 35.6. The van der Waals surface area contributed by atoms with E-state index in [1.54, 1.807) is 11.3 Å². The standard InChI is InChI=1S/C49H29N3OS/c1-3-12-30(13-4-1)32-16-9-17-33(28-32)35-19-11-22-41-45(35)39-21-10-20-37-38(25-26-42(53-41)46(37)39)49-51-47(31-14-5-2-6-15-31)50-48(52-49)34-24-27-44-40(29-34)36-18-7-8-23-43(36)54-44/h1-29H. The lowest BCUT2D eigenvalue weighted by Crippen LogP contribution is -2.02. The molecule has 0 amide bonds. The van der Waals surface area contributed by atoms with Crippen LogP contribution in [-0.4, -0.2) is 15.0 Å². The fourth-order valence-electron chi connectivity index (χ4n) is 7.82. The van der Waals surface area contributed by atoms with E-state index in [1.807, 2.05) is 18.2 Å². The van der Waals surface area contributed by atoms with Gasteiger partial charge in [0.05, 0.1) is 0 Å². The first-order valence-corrected chi connectivity index (χ1v) is 18.8. The average Bonchev–Trinajstić information content (AvgIpc) is 3.62. The van der Waals surface area contributed by atoms with Crippen molar-refractivity contribution < 1.29 is 4.74 Å². The summed E-state index contributed by atoms with van der Waals surface area (Å²) in [5.41, 5.74) is 9.64. The molecule has 0 saturated heterocycles. The minimum Gasteiger partial charge on any atom is -0.456 e. The van der Waals surface area contributed by atoms with E-state index in [-0.39, 0.29) is 0 Å². The van der Waals surface area contributed by atoms with Gasteiger partial charge in [-0.25, -0.2) is 15.0 Å². The molecule has 0 unspecified atom stereocenters. The van der Waals surface area contributed by atoms with Crippen LogP contribution in [0.2, 0.25) is 0 Å². The molecular weight excluding hydrogens is 679 g/mol. The molecule has 0 spiro atoms. The summed E-state index contributed by atoms with van der Waals surface area (Å²) in [7, 11) is 0. The van der Waals surface area contributed by atoms with Gasteiger partial charge in [-0.3, -0.25) is 0 Å². The molecule has 11 rings (SSSR count). The summed E-state index contributed by atoms with van der Waals surface area (Å²) >= 11 is 1.81. The highest BCUT2D eigenvalue weighted by Gasteiger charge is 2.26. The van der Waals surface area contributed by atoms with Crippen molar-refractivity contribution in [2.45, 2.75) is 0 Å². The van der Waals surface area contributed by atoms with Gasteiger partial charge in [-0.2, -0.15) is 0 Å². The Morgan fingerprint density at radius 3 is 1.87 bits per heavy atom. The molecule has 5 heteroatoms. The van der Waals surface area contributed by atoms with Gasteiger partial charge in [-0.05, 0) is 81.7 Å². The zero-order valence-electron chi connectivity index (χ0n) is 28.9. The Balaban J connectivity index is 1.10. The van der Waals surface area contributed by atoms with Gasteiger partial charge >= 0.3 is 0 Å². The second kappa shape index (κ2) is 12.3. The van der Waals surface area contributed by atoms with Gasteiger partial charge in [-0.15, -0.1) is 11.3 Å². The van der Waals surface area contributed by atoms with Crippen molar-refractivity contribution >= 4 is 42.3 Å². The van der Waals surface area contributed by atoms with Crippen LogP contribution in [0.25, 0.3) is 98.5 Å². The van der Waals surface area contributed by atoms with Gasteiger partial charge in [0.15, 0.2) is 17.5 Å². The molecule has 0 saturated carbocycles. The van der Waals surface area contributed by atoms with Gasteiger partial charge in [0.25, 0.3) is 0 Å². The van der Waals surface area contributed by atoms with Crippen LogP contribution >= 0.6 is 11.3 Å². The number of benzene rings is 8. The van der Waals surface area contributed by atoms with E-state index in [4.69, 9.17) is 19.7 Å². The minimum atomic E-state index is 0.618. The summed E-state index contributed by atoms with van der Waals surface area (Å²) in [6.07, 6.45) is 0. The van der Waals surface area contributed by atoms with Crippen molar-refractivity contribution in [3.05, 3.63) is 176 Å². The molecular formula is C49H29N3OS. The zero-order valence-corrected chi connectivity index (χ0v) is 29.7. The van der Waals surface area contributed by atoms with Gasteiger partial charge in [0.1, 0.15) is 11.5 Å². The summed E-state index contributed by atoms with van der Waals surface area (Å²) in [5, 5.41) is 4.52. The predicted octanol–water partition coefficient (Wildman–Crippen LogP) is 13.5. The minimum absolute atomic E-state index is 0.618. The molecule has 0 radical (unpaired) electrons. The lowest BCUT2D eigenvalue weighted by Gasteiger charge is -2.24. The fraction of sp³-hybridized carbons (Fsp3) is 0. The largest absolute Gasteiger partial charge is 0.456 e. The quantitative estimate of drug-likeness (QED) is 0.179. The lowest BCUT2D eigenvalue weighted by molar-refractivity contribution is 0.487. The van der Waals surface area contributed by atoms with Gasteiger partial charge < -0.3 is 4.74 Å². The summed E-state index contributed by atoms with van der Waals surface area (Å²) in [5.74, 6) is 3.55. The number of aromatic nitrogens is 3. The number of hydrogen-bond acceptors (Lipinski definition) is 5. The first-order chi connectivity index (χ1) is 26.7. The molecule has 1 aliphatic heterocycles. The van der Waals surface area contributed by atoms with Crippen LogP contribution in [0, 0.1) is 0 Å². The van der Waals surface area contributed by atoms with Crippen molar-refractivity contribution in [2.24, 2.45) is 0 Å². The molecule has 10 aromatic rings. The van der Waals surface area contributed by atoms with E-state index in [0.717, 1.165) is 61.2 Å². The molecule has 0 atom stereocenters. The highest BCUT2D eigenvalue weighted by Crippen LogP contribution is 2.52. The lowest BCUT2D eigenvalue weighted by atomic mass is 9.87. The van der Waals surface area contributed by atoms with E-state index in [9.17, 15) is 0 Å². The Morgan fingerprint density at radius 1 is 0.352 bits per heavy atom. The molecule has 2 aromatic heterocycles. The van der Waals surface area contributed by atoms with Gasteiger partial charge in [0.2, 0.25) is 0 Å². The maximum absolute atomic E-state index is 6.72. The van der Waals surface area contributed by atoms with Crippen LogP contribution < -0.4 is 4.74 Å². The maximum Gasteiger partial charge on any atom is 0.164 e. The van der Waals surface area contributed by atoms with E-state index in [1.165, 1.54) is 31.3 Å². The predicted molar refractivity (Wildman–Crippen MR) is 223 cm³/mol. The van der Waals surface area contributed by atoms with Crippen molar-refractivity contribution in [1.29, 1.82) is 0 Å². The third-order valence-electron chi connectivity index (χ3n) is 10.3. The summed E-state index contributed by atoms with van der Waals surface area (Å²) in [6.45, 7) is 0. The van der Waals surface area contributed by atoms with Crippen LogP contribution in [0.1, 0.15) is 0 Å². The van der Waals surface area contributed by atoms with E-state index in [0.29, 0.717) is 17.5 Å². The Bertz CT molecular complexity index is 3080. The number of fused-ring (bicyclic) bond motifs is 5. The normalized spacial score (nSPS) is 11.9. The van der Waals surface area contributed by atoms with E-state index in [2.05, 4.69) is 158 Å². The Labute approximate surface area is 315 Å². The highest BCUT2D eigenvalue weighted by molar-refractivity contribution is 7.25. The van der Waals surface area contributed by atoms with Crippen LogP contribution in [0.15, 0.2) is 176 Å². The summed E-state index contributed by atoms with van der Waals surface area (Å²) in [6, 6.07) is 61.5. The molecule has 3 heterocycles. The van der Waals surface area contributed by atoms with Gasteiger partial charge in [-0.1, -0.05) is 127 Å². The van der Waals surface area contributed by atoms with Crippen molar-refractivity contribution in [3.63, 3.8) is 0 Å². The van der Waals surface area contributed by atoms with Gasteiger partial charge in [0, 0.05) is 47.8 Å². The number of rotatable bonds is 5. The van der Waals surface area contributed by atoms with Crippen molar-refractivity contribution in [1.82, 2.24) is 15.0 Å². The Morgan fingerprint density at radius 2 is 1.00 bits per heavy atom. The summed E-state index contributed by atoms with van der Waals surface area (Å²) in [4.78, 5) is 15.4. The number of hydrogen-bond donors (Lipinski definition) is 0. The highest BCUT2D eigenvalue weighted by atomic mass is 32.1. The molecule has 252 valence electrons. The second-order valence-electron chi connectivity index (χ2n) is 13.5. The third kappa shape index (κ3) is 5.01. The van der Waals surface area contributed by atoms with E-state index >= 15 is 0 Å². The second-order valence-corrected chi connectivity index (χ2v) is 14.6. The number of nitrogens with zero attached hydrogens (tertiary/aromatic N) is 3. The molecule has 0 aliphatic carbocycles. The SMILES string of the molecule is c1ccc(-c2cccc(-c3cccc4c3-c3cccc5c(-c6nc(-c7ccccc7)nc(-c7ccc8sc9ccccc9c8c7)n6)ccc(c35)O4)c2)cc1. The summed E-state index contributed by atoms with van der Waals surface area (Å²) < 4.78 is 9.23. The molecule has 8 aromatic carbocycles. The van der Waals surface area contributed by atoms with Crippen molar-refractivity contribution in [2.75, 3.05) is 0 Å². The molecule has 1 aliphatic rings. The molecule has 54 heavy (non-hydrogen) atoms. The number of ether oxygens (including phenoxy) is 1. The molecule has 0 N–H and O–H groups in total. The average molecular weight is 708 g/mol. The Kier molecular flexibility index (Phi) is 7.00. The first-order valence-electron chi connectivity index (χ1n) is 18.0. The van der Waals surface area contributed by atoms with Crippen LogP contribution in [0.3, 0.4) is 0 Å². The van der Waals surface area contributed by atoms with Crippen LogP contribution in [-0.2, 0) is 0 Å². The molecule has 0 fully saturated rings. The van der Waals surface area contributed by atoms with Crippen LogP contribution in [0.5, 0.6) is 11.5 Å². The maximum atomic E-state index is 6.72. The van der Waals surface area contributed by atoms with Crippen molar-refractivity contribution in [3.8, 4) is 79.0 Å².